The summed E-state index contributed by atoms with van der Waals surface area (Å²) in [7, 11) is 0. The summed E-state index contributed by atoms with van der Waals surface area (Å²) in [6.45, 7) is 1.24. The third kappa shape index (κ3) is 2.30. The summed E-state index contributed by atoms with van der Waals surface area (Å²) in [6.07, 6.45) is 3.56. The topological polar surface area (TPSA) is 68.5 Å². The van der Waals surface area contributed by atoms with Crippen LogP contribution in [0, 0.1) is 0 Å². The molecule has 0 bridgehead atoms. The van der Waals surface area contributed by atoms with Gasteiger partial charge < -0.3 is 14.4 Å². The fourth-order valence-electron chi connectivity index (χ4n) is 1.80. The van der Waals surface area contributed by atoms with Gasteiger partial charge in [0, 0.05) is 18.9 Å². The van der Waals surface area contributed by atoms with Crippen molar-refractivity contribution in [3.05, 3.63) is 34.2 Å². The Morgan fingerprint density at radius 2 is 2.44 bits per heavy atom. The average Bonchev–Trinajstić information content (AvgIpc) is 2.73. The van der Waals surface area contributed by atoms with E-state index >= 15 is 0 Å². The number of hydrogen-bond acceptors (Lipinski definition) is 3. The van der Waals surface area contributed by atoms with Crippen LogP contribution in [0.15, 0.2) is 23.1 Å². The molecule has 5 heteroatoms. The van der Waals surface area contributed by atoms with Gasteiger partial charge in [-0.2, -0.15) is 0 Å². The molecule has 1 N–H and O–H groups in total. The maximum absolute atomic E-state index is 11.6. The van der Waals surface area contributed by atoms with Crippen LogP contribution in [0.2, 0.25) is 0 Å². The first kappa shape index (κ1) is 10.9. The third-order valence-electron chi connectivity index (χ3n) is 2.67. The lowest BCUT2D eigenvalue weighted by atomic mass is 10.2. The summed E-state index contributed by atoms with van der Waals surface area (Å²) in [5, 5.41) is 8.71. The number of rotatable bonds is 3. The number of carbonyl (C=O) groups is 1. The molecule has 86 valence electrons. The zero-order valence-electron chi connectivity index (χ0n) is 8.76. The number of nitrogens with zero attached hydrogens (tertiary/aromatic N) is 1. The Morgan fingerprint density at radius 1 is 1.62 bits per heavy atom. The summed E-state index contributed by atoms with van der Waals surface area (Å²) >= 11 is 0. The molecule has 0 amide bonds. The van der Waals surface area contributed by atoms with Crippen molar-refractivity contribution in [3.8, 4) is 0 Å². The van der Waals surface area contributed by atoms with Crippen LogP contribution in [-0.4, -0.2) is 28.4 Å². The Balaban J connectivity index is 2.16. The van der Waals surface area contributed by atoms with Crippen LogP contribution in [0.1, 0.15) is 23.2 Å². The van der Waals surface area contributed by atoms with Gasteiger partial charge in [0.1, 0.15) is 0 Å². The van der Waals surface area contributed by atoms with E-state index in [1.807, 2.05) is 0 Å². The molecule has 1 aromatic heterocycles. The summed E-state index contributed by atoms with van der Waals surface area (Å²) in [6, 6.07) is 2.57. The molecule has 1 saturated heterocycles. The zero-order chi connectivity index (χ0) is 11.5. The minimum Gasteiger partial charge on any atom is -0.478 e. The molecule has 0 aliphatic carbocycles. The molecule has 0 spiro atoms. The molecule has 1 aliphatic rings. The third-order valence-corrected chi connectivity index (χ3v) is 2.67. The molecule has 0 aromatic carbocycles. The maximum Gasteiger partial charge on any atom is 0.335 e. The molecule has 5 nitrogen and oxygen atoms in total. The molecule has 2 heterocycles. The molecule has 1 fully saturated rings. The van der Waals surface area contributed by atoms with Gasteiger partial charge >= 0.3 is 5.97 Å². The van der Waals surface area contributed by atoms with Crippen LogP contribution in [0.5, 0.6) is 0 Å². The average molecular weight is 223 g/mol. The van der Waals surface area contributed by atoms with Crippen molar-refractivity contribution in [2.75, 3.05) is 6.61 Å². The lowest BCUT2D eigenvalue weighted by Gasteiger charge is -2.11. The number of pyridine rings is 1. The predicted octanol–water partition coefficient (Wildman–Crippen LogP) is 0.726. The highest BCUT2D eigenvalue weighted by Gasteiger charge is 2.16. The second kappa shape index (κ2) is 4.49. The zero-order valence-corrected chi connectivity index (χ0v) is 8.76. The van der Waals surface area contributed by atoms with Crippen molar-refractivity contribution in [1.29, 1.82) is 0 Å². The fourth-order valence-corrected chi connectivity index (χ4v) is 1.80. The van der Waals surface area contributed by atoms with Crippen LogP contribution < -0.4 is 5.56 Å². The monoisotopic (exact) mass is 223 g/mol. The minimum absolute atomic E-state index is 0.0218. The molecular weight excluding hydrogens is 210 g/mol. The number of aromatic nitrogens is 1. The largest absolute Gasteiger partial charge is 0.478 e. The predicted molar refractivity (Wildman–Crippen MR) is 56.6 cm³/mol. The normalized spacial score (nSPS) is 19.9. The first-order valence-corrected chi connectivity index (χ1v) is 5.22. The molecule has 1 aliphatic heterocycles. The van der Waals surface area contributed by atoms with E-state index in [2.05, 4.69) is 0 Å². The second-order valence-electron chi connectivity index (χ2n) is 3.85. The number of carboxylic acids is 1. The highest BCUT2D eigenvalue weighted by atomic mass is 16.5. The summed E-state index contributed by atoms with van der Waals surface area (Å²) < 4.78 is 6.90. The number of ether oxygens (including phenoxy) is 1. The van der Waals surface area contributed by atoms with Gasteiger partial charge in [-0.25, -0.2) is 4.79 Å². The van der Waals surface area contributed by atoms with Gasteiger partial charge in [0.25, 0.3) is 5.56 Å². The van der Waals surface area contributed by atoms with Gasteiger partial charge in [-0.3, -0.25) is 4.79 Å². The molecule has 0 radical (unpaired) electrons. The van der Waals surface area contributed by atoms with Crippen molar-refractivity contribution in [1.82, 2.24) is 4.57 Å². The van der Waals surface area contributed by atoms with Crippen LogP contribution in [0.4, 0.5) is 0 Å². The van der Waals surface area contributed by atoms with E-state index in [0.29, 0.717) is 6.54 Å². The van der Waals surface area contributed by atoms with Crippen LogP contribution >= 0.6 is 0 Å². The highest BCUT2D eigenvalue weighted by Crippen LogP contribution is 2.13. The molecule has 16 heavy (non-hydrogen) atoms. The highest BCUT2D eigenvalue weighted by molar-refractivity contribution is 5.87. The second-order valence-corrected chi connectivity index (χ2v) is 3.85. The van der Waals surface area contributed by atoms with Crippen LogP contribution in [0.25, 0.3) is 0 Å². The van der Waals surface area contributed by atoms with Crippen molar-refractivity contribution in [3.63, 3.8) is 0 Å². The lowest BCUT2D eigenvalue weighted by molar-refractivity contribution is 0.0696. The van der Waals surface area contributed by atoms with E-state index in [0.717, 1.165) is 25.5 Å². The van der Waals surface area contributed by atoms with E-state index in [-0.39, 0.29) is 17.2 Å². The Hall–Kier alpha value is -1.62. The molecule has 1 unspecified atom stereocenters. The summed E-state index contributed by atoms with van der Waals surface area (Å²) in [5.41, 5.74) is -0.274. The van der Waals surface area contributed by atoms with Crippen molar-refractivity contribution in [2.45, 2.75) is 25.5 Å². The van der Waals surface area contributed by atoms with E-state index in [1.165, 1.54) is 16.8 Å². The Bertz CT molecular complexity index is 446. The smallest absolute Gasteiger partial charge is 0.335 e. The van der Waals surface area contributed by atoms with Gasteiger partial charge in [0.15, 0.2) is 0 Å². The maximum atomic E-state index is 11.6. The van der Waals surface area contributed by atoms with E-state index in [4.69, 9.17) is 9.84 Å². The fraction of sp³-hybridized carbons (Fsp3) is 0.455. The van der Waals surface area contributed by atoms with E-state index in [1.54, 1.807) is 0 Å². The van der Waals surface area contributed by atoms with Gasteiger partial charge in [0.2, 0.25) is 0 Å². The molecule has 2 rings (SSSR count). The summed E-state index contributed by atoms with van der Waals surface area (Å²) in [4.78, 5) is 22.2. The first-order chi connectivity index (χ1) is 7.66. The van der Waals surface area contributed by atoms with Gasteiger partial charge in [-0.1, -0.05) is 0 Å². The molecule has 1 atom stereocenters. The van der Waals surface area contributed by atoms with E-state index in [9.17, 15) is 9.59 Å². The van der Waals surface area contributed by atoms with Crippen molar-refractivity contribution in [2.24, 2.45) is 0 Å². The van der Waals surface area contributed by atoms with Gasteiger partial charge in [-0.15, -0.1) is 0 Å². The summed E-state index contributed by atoms with van der Waals surface area (Å²) in [5.74, 6) is -1.08. The Labute approximate surface area is 92.3 Å². The van der Waals surface area contributed by atoms with Crippen molar-refractivity contribution >= 4 is 5.97 Å². The Morgan fingerprint density at radius 3 is 3.00 bits per heavy atom. The minimum atomic E-state index is -1.08. The quantitative estimate of drug-likeness (QED) is 0.820. The van der Waals surface area contributed by atoms with Crippen LogP contribution in [0.3, 0.4) is 0 Å². The first-order valence-electron chi connectivity index (χ1n) is 5.22. The molecular formula is C11H13NO4. The molecule has 0 saturated carbocycles. The van der Waals surface area contributed by atoms with Crippen molar-refractivity contribution < 1.29 is 14.6 Å². The number of hydrogen-bond donors (Lipinski definition) is 1. The van der Waals surface area contributed by atoms with E-state index < -0.39 is 5.97 Å². The Kier molecular flexibility index (Phi) is 3.05. The lowest BCUT2D eigenvalue weighted by Crippen LogP contribution is -2.26. The number of carboxylic acid groups (broad SMARTS) is 1. The van der Waals surface area contributed by atoms with Gasteiger partial charge in [0.05, 0.1) is 18.2 Å². The SMILES string of the molecule is O=C(O)c1ccn(CC2CCCO2)c(=O)c1. The number of aromatic carboxylic acids is 1. The molecule has 1 aromatic rings. The standard InChI is InChI=1S/C11H13NO4/c13-10-6-8(11(14)15)3-4-12(10)7-9-2-1-5-16-9/h3-4,6,9H,1-2,5,7H2,(H,14,15). The van der Waals surface area contributed by atoms with Gasteiger partial charge in [-0.05, 0) is 18.9 Å². The van der Waals surface area contributed by atoms with Crippen LogP contribution in [-0.2, 0) is 11.3 Å².